The summed E-state index contributed by atoms with van der Waals surface area (Å²) in [5.74, 6) is -0.790. The SMILES string of the molecule is CCOCC(=O)NC(Cc1ccccc1)C(=O)OC. The van der Waals surface area contributed by atoms with Crippen molar-refractivity contribution < 1.29 is 19.1 Å². The van der Waals surface area contributed by atoms with E-state index >= 15 is 0 Å². The molecule has 0 saturated heterocycles. The predicted octanol–water partition coefficient (Wildman–Crippen LogP) is 0.923. The second-order valence-electron chi connectivity index (χ2n) is 3.97. The average molecular weight is 265 g/mol. The monoisotopic (exact) mass is 265 g/mol. The summed E-state index contributed by atoms with van der Waals surface area (Å²) in [7, 11) is 1.30. The molecule has 1 N–H and O–H groups in total. The fraction of sp³-hybridized carbons (Fsp3) is 0.429. The van der Waals surface area contributed by atoms with Crippen LogP contribution in [0.2, 0.25) is 0 Å². The van der Waals surface area contributed by atoms with E-state index in [2.05, 4.69) is 5.32 Å². The summed E-state index contributed by atoms with van der Waals surface area (Å²) in [6.45, 7) is 2.20. The highest BCUT2D eigenvalue weighted by molar-refractivity contribution is 5.85. The van der Waals surface area contributed by atoms with Crippen LogP contribution < -0.4 is 5.32 Å². The van der Waals surface area contributed by atoms with Crippen LogP contribution in [0.1, 0.15) is 12.5 Å². The molecule has 5 nitrogen and oxygen atoms in total. The molecule has 1 amide bonds. The van der Waals surface area contributed by atoms with E-state index in [0.29, 0.717) is 13.0 Å². The number of rotatable bonds is 7. The number of methoxy groups -OCH3 is 1. The van der Waals surface area contributed by atoms with Crippen LogP contribution in [-0.2, 0) is 25.5 Å². The highest BCUT2D eigenvalue weighted by Crippen LogP contribution is 2.04. The summed E-state index contributed by atoms with van der Waals surface area (Å²) in [5, 5.41) is 2.61. The normalized spacial score (nSPS) is 11.7. The van der Waals surface area contributed by atoms with Crippen LogP contribution in [0.3, 0.4) is 0 Å². The van der Waals surface area contributed by atoms with Gasteiger partial charge in [0.2, 0.25) is 5.91 Å². The standard InChI is InChI=1S/C14H19NO4/c1-3-19-10-13(16)15-12(14(17)18-2)9-11-7-5-4-6-8-11/h4-8,12H,3,9-10H2,1-2H3,(H,15,16). The molecule has 0 aliphatic rings. The maximum Gasteiger partial charge on any atom is 0.328 e. The van der Waals surface area contributed by atoms with Gasteiger partial charge >= 0.3 is 5.97 Å². The van der Waals surface area contributed by atoms with E-state index in [1.807, 2.05) is 30.3 Å². The minimum absolute atomic E-state index is 0.0568. The molecule has 5 heteroatoms. The summed E-state index contributed by atoms with van der Waals surface area (Å²) in [6.07, 6.45) is 0.394. The van der Waals surface area contributed by atoms with E-state index in [1.54, 1.807) is 6.92 Å². The molecule has 0 bridgehead atoms. The van der Waals surface area contributed by atoms with Crippen LogP contribution in [-0.4, -0.2) is 38.2 Å². The maximum atomic E-state index is 11.6. The summed E-state index contributed by atoms with van der Waals surface area (Å²) in [4.78, 5) is 23.2. The van der Waals surface area contributed by atoms with E-state index < -0.39 is 12.0 Å². The van der Waals surface area contributed by atoms with Crippen LogP contribution in [0.15, 0.2) is 30.3 Å². The molecule has 0 aliphatic carbocycles. The molecular weight excluding hydrogens is 246 g/mol. The van der Waals surface area contributed by atoms with Crippen LogP contribution in [0.4, 0.5) is 0 Å². The van der Waals surface area contributed by atoms with Gasteiger partial charge in [0.05, 0.1) is 7.11 Å². The van der Waals surface area contributed by atoms with Crippen molar-refractivity contribution in [3.8, 4) is 0 Å². The highest BCUT2D eigenvalue weighted by atomic mass is 16.5. The second-order valence-corrected chi connectivity index (χ2v) is 3.97. The number of carbonyl (C=O) groups excluding carboxylic acids is 2. The number of ether oxygens (including phenoxy) is 2. The topological polar surface area (TPSA) is 64.6 Å². The summed E-state index contributed by atoms with van der Waals surface area (Å²) in [5.41, 5.74) is 0.953. The Morgan fingerprint density at radius 3 is 2.53 bits per heavy atom. The Morgan fingerprint density at radius 2 is 1.95 bits per heavy atom. The van der Waals surface area contributed by atoms with Crippen molar-refractivity contribution in [1.29, 1.82) is 0 Å². The van der Waals surface area contributed by atoms with Crippen LogP contribution >= 0.6 is 0 Å². The first-order valence-corrected chi connectivity index (χ1v) is 6.16. The van der Waals surface area contributed by atoms with Gasteiger partial charge in [-0.05, 0) is 12.5 Å². The van der Waals surface area contributed by atoms with Crippen molar-refractivity contribution in [2.24, 2.45) is 0 Å². The van der Waals surface area contributed by atoms with E-state index in [4.69, 9.17) is 9.47 Å². The summed E-state index contributed by atoms with van der Waals surface area (Å²) < 4.78 is 9.69. The highest BCUT2D eigenvalue weighted by Gasteiger charge is 2.21. The van der Waals surface area contributed by atoms with Gasteiger partial charge in [-0.3, -0.25) is 4.79 Å². The predicted molar refractivity (Wildman–Crippen MR) is 70.6 cm³/mol. The largest absolute Gasteiger partial charge is 0.467 e. The molecule has 0 spiro atoms. The van der Waals surface area contributed by atoms with Crippen LogP contribution in [0.25, 0.3) is 0 Å². The molecule has 0 saturated carbocycles. The Kier molecular flexibility index (Phi) is 6.60. The van der Waals surface area contributed by atoms with E-state index in [0.717, 1.165) is 5.56 Å². The molecule has 0 heterocycles. The molecule has 1 aromatic carbocycles. The van der Waals surface area contributed by atoms with E-state index in [1.165, 1.54) is 7.11 Å². The van der Waals surface area contributed by atoms with Crippen molar-refractivity contribution >= 4 is 11.9 Å². The molecule has 1 rings (SSSR count). The third-order valence-corrected chi connectivity index (χ3v) is 2.54. The summed E-state index contributed by atoms with van der Waals surface area (Å²) >= 11 is 0. The lowest BCUT2D eigenvalue weighted by molar-refractivity contribution is -0.145. The smallest absolute Gasteiger partial charge is 0.328 e. The van der Waals surface area contributed by atoms with Gasteiger partial charge in [-0.1, -0.05) is 30.3 Å². The number of hydrogen-bond acceptors (Lipinski definition) is 4. The van der Waals surface area contributed by atoms with Gasteiger partial charge in [0.1, 0.15) is 12.6 Å². The van der Waals surface area contributed by atoms with Gasteiger partial charge in [0, 0.05) is 13.0 Å². The fourth-order valence-corrected chi connectivity index (χ4v) is 1.62. The lowest BCUT2D eigenvalue weighted by Crippen LogP contribution is -2.44. The first-order valence-electron chi connectivity index (χ1n) is 6.16. The number of amides is 1. The minimum Gasteiger partial charge on any atom is -0.467 e. The number of nitrogens with one attached hydrogen (secondary N) is 1. The first-order chi connectivity index (χ1) is 9.17. The fourth-order valence-electron chi connectivity index (χ4n) is 1.62. The van der Waals surface area contributed by atoms with Crippen LogP contribution in [0, 0.1) is 0 Å². The molecule has 19 heavy (non-hydrogen) atoms. The van der Waals surface area contributed by atoms with E-state index in [-0.39, 0.29) is 12.5 Å². The van der Waals surface area contributed by atoms with E-state index in [9.17, 15) is 9.59 Å². The van der Waals surface area contributed by atoms with Gasteiger partial charge in [0.25, 0.3) is 0 Å². The van der Waals surface area contributed by atoms with Gasteiger partial charge in [0.15, 0.2) is 0 Å². The number of benzene rings is 1. The second kappa shape index (κ2) is 8.26. The molecule has 0 aromatic heterocycles. The lowest BCUT2D eigenvalue weighted by Gasteiger charge is -2.16. The quantitative estimate of drug-likeness (QED) is 0.745. The zero-order valence-corrected chi connectivity index (χ0v) is 11.2. The zero-order valence-electron chi connectivity index (χ0n) is 11.2. The maximum absolute atomic E-state index is 11.6. The van der Waals surface area contributed by atoms with Crippen molar-refractivity contribution in [3.05, 3.63) is 35.9 Å². The molecule has 0 fully saturated rings. The molecule has 0 radical (unpaired) electrons. The van der Waals surface area contributed by atoms with Gasteiger partial charge in [-0.15, -0.1) is 0 Å². The van der Waals surface area contributed by atoms with Crippen molar-refractivity contribution in [2.45, 2.75) is 19.4 Å². The number of esters is 1. The Bertz CT molecular complexity index is 405. The lowest BCUT2D eigenvalue weighted by atomic mass is 10.1. The van der Waals surface area contributed by atoms with Crippen molar-refractivity contribution in [1.82, 2.24) is 5.32 Å². The van der Waals surface area contributed by atoms with Crippen LogP contribution in [0.5, 0.6) is 0 Å². The minimum atomic E-state index is -0.694. The molecule has 1 atom stereocenters. The summed E-state index contributed by atoms with van der Waals surface area (Å²) in [6, 6.07) is 8.75. The molecule has 0 aliphatic heterocycles. The molecule has 104 valence electrons. The number of hydrogen-bond donors (Lipinski definition) is 1. The number of carbonyl (C=O) groups is 2. The Hall–Kier alpha value is -1.88. The Balaban J connectivity index is 2.62. The van der Waals surface area contributed by atoms with Crippen molar-refractivity contribution in [3.63, 3.8) is 0 Å². The van der Waals surface area contributed by atoms with Gasteiger partial charge in [-0.25, -0.2) is 4.79 Å². The van der Waals surface area contributed by atoms with Gasteiger partial charge in [-0.2, -0.15) is 0 Å². The zero-order chi connectivity index (χ0) is 14.1. The molecule has 1 aromatic rings. The van der Waals surface area contributed by atoms with Gasteiger partial charge < -0.3 is 14.8 Å². The molecular formula is C14H19NO4. The Labute approximate surface area is 112 Å². The average Bonchev–Trinajstić information content (AvgIpc) is 2.44. The third kappa shape index (κ3) is 5.52. The molecule has 1 unspecified atom stereocenters. The first kappa shape index (κ1) is 15.2. The van der Waals surface area contributed by atoms with Crippen molar-refractivity contribution in [2.75, 3.05) is 20.3 Å². The Morgan fingerprint density at radius 1 is 1.26 bits per heavy atom. The third-order valence-electron chi connectivity index (χ3n) is 2.54.